The average molecular weight is 405 g/mol. The second-order valence-electron chi connectivity index (χ2n) is 6.89. The van der Waals surface area contributed by atoms with Crippen molar-refractivity contribution in [1.29, 1.82) is 0 Å². The minimum atomic E-state index is -0.459. The maximum atomic E-state index is 12.6. The summed E-state index contributed by atoms with van der Waals surface area (Å²) in [6, 6.07) is 17.0. The Morgan fingerprint density at radius 1 is 1.00 bits per heavy atom. The molecule has 2 aromatic carbocycles. The summed E-state index contributed by atoms with van der Waals surface area (Å²) >= 11 is 0. The van der Waals surface area contributed by atoms with E-state index in [1.165, 1.54) is 0 Å². The molecule has 1 aromatic heterocycles. The quantitative estimate of drug-likeness (QED) is 0.543. The summed E-state index contributed by atoms with van der Waals surface area (Å²) < 4.78 is 6.86. The Morgan fingerprint density at radius 2 is 1.67 bits per heavy atom. The van der Waals surface area contributed by atoms with Crippen molar-refractivity contribution >= 4 is 11.9 Å². The standard InChI is InChI=1S/C24H27N3O3/c1-5-26(6-2)23(28)18-12-14-19(15-13-18)27-22(20-11-9-8-10-17(20)4)16-21(25-27)24(29)30-7-3/h8-16H,5-7H2,1-4H3. The molecule has 6 nitrogen and oxygen atoms in total. The van der Waals surface area contributed by atoms with Crippen LogP contribution in [0.15, 0.2) is 54.6 Å². The molecule has 0 aliphatic carbocycles. The minimum absolute atomic E-state index is 0.00152. The maximum absolute atomic E-state index is 12.6. The molecule has 0 saturated carbocycles. The summed E-state index contributed by atoms with van der Waals surface area (Å²) in [6.07, 6.45) is 0. The van der Waals surface area contributed by atoms with E-state index in [1.807, 2.05) is 57.2 Å². The van der Waals surface area contributed by atoms with Gasteiger partial charge in [-0.25, -0.2) is 9.48 Å². The molecule has 3 rings (SSSR count). The zero-order valence-corrected chi connectivity index (χ0v) is 17.9. The van der Waals surface area contributed by atoms with Crippen molar-refractivity contribution in [1.82, 2.24) is 14.7 Å². The molecule has 30 heavy (non-hydrogen) atoms. The first-order valence-electron chi connectivity index (χ1n) is 10.2. The maximum Gasteiger partial charge on any atom is 0.358 e. The molecular formula is C24H27N3O3. The van der Waals surface area contributed by atoms with Gasteiger partial charge in [-0.1, -0.05) is 24.3 Å². The van der Waals surface area contributed by atoms with Crippen LogP contribution in [0.3, 0.4) is 0 Å². The van der Waals surface area contributed by atoms with E-state index in [4.69, 9.17) is 4.74 Å². The van der Waals surface area contributed by atoms with Crippen LogP contribution < -0.4 is 0 Å². The first-order chi connectivity index (χ1) is 14.5. The van der Waals surface area contributed by atoms with Crippen molar-refractivity contribution < 1.29 is 14.3 Å². The SMILES string of the molecule is CCOC(=O)c1cc(-c2ccccc2C)n(-c2ccc(C(=O)N(CC)CC)cc2)n1. The Labute approximate surface area is 177 Å². The van der Waals surface area contributed by atoms with Gasteiger partial charge in [0.2, 0.25) is 0 Å². The molecule has 0 saturated heterocycles. The van der Waals surface area contributed by atoms with Crippen molar-refractivity contribution in [2.45, 2.75) is 27.7 Å². The summed E-state index contributed by atoms with van der Waals surface area (Å²) in [5.74, 6) is -0.460. The van der Waals surface area contributed by atoms with Crippen molar-refractivity contribution in [3.05, 3.63) is 71.4 Å². The lowest BCUT2D eigenvalue weighted by Gasteiger charge is -2.18. The van der Waals surface area contributed by atoms with Gasteiger partial charge in [-0.15, -0.1) is 0 Å². The number of benzene rings is 2. The van der Waals surface area contributed by atoms with E-state index >= 15 is 0 Å². The third kappa shape index (κ3) is 4.27. The van der Waals surface area contributed by atoms with Gasteiger partial charge >= 0.3 is 5.97 Å². The normalized spacial score (nSPS) is 10.7. The van der Waals surface area contributed by atoms with Gasteiger partial charge in [0.1, 0.15) is 0 Å². The van der Waals surface area contributed by atoms with Crippen molar-refractivity contribution in [3.63, 3.8) is 0 Å². The third-order valence-electron chi connectivity index (χ3n) is 5.02. The number of amides is 1. The number of hydrogen-bond acceptors (Lipinski definition) is 4. The lowest BCUT2D eigenvalue weighted by molar-refractivity contribution is 0.0518. The number of carbonyl (C=O) groups is 2. The van der Waals surface area contributed by atoms with Crippen LogP contribution in [0, 0.1) is 6.92 Å². The number of rotatable bonds is 7. The number of aryl methyl sites for hydroxylation is 1. The van der Waals surface area contributed by atoms with E-state index in [0.29, 0.717) is 18.7 Å². The van der Waals surface area contributed by atoms with E-state index < -0.39 is 5.97 Å². The van der Waals surface area contributed by atoms with E-state index in [1.54, 1.807) is 34.7 Å². The van der Waals surface area contributed by atoms with Crippen LogP contribution in [0.5, 0.6) is 0 Å². The smallest absolute Gasteiger partial charge is 0.358 e. The van der Waals surface area contributed by atoms with Crippen LogP contribution >= 0.6 is 0 Å². The van der Waals surface area contributed by atoms with Gasteiger partial charge < -0.3 is 9.64 Å². The number of nitrogens with zero attached hydrogens (tertiary/aromatic N) is 3. The van der Waals surface area contributed by atoms with Crippen LogP contribution in [-0.2, 0) is 4.74 Å². The fourth-order valence-electron chi connectivity index (χ4n) is 3.37. The molecule has 0 atom stereocenters. The molecule has 6 heteroatoms. The lowest BCUT2D eigenvalue weighted by Crippen LogP contribution is -2.30. The third-order valence-corrected chi connectivity index (χ3v) is 5.02. The van der Waals surface area contributed by atoms with Crippen LogP contribution in [0.1, 0.15) is 47.2 Å². The van der Waals surface area contributed by atoms with Gasteiger partial charge in [0.15, 0.2) is 5.69 Å². The number of carbonyl (C=O) groups excluding carboxylic acids is 2. The van der Waals surface area contributed by atoms with Crippen LogP contribution in [0.2, 0.25) is 0 Å². The fraction of sp³-hybridized carbons (Fsp3) is 0.292. The van der Waals surface area contributed by atoms with Gasteiger partial charge in [-0.05, 0) is 63.6 Å². The van der Waals surface area contributed by atoms with Crippen LogP contribution in [0.25, 0.3) is 16.9 Å². The number of ether oxygens (including phenoxy) is 1. The van der Waals surface area contributed by atoms with E-state index in [-0.39, 0.29) is 18.2 Å². The molecular weight excluding hydrogens is 378 g/mol. The van der Waals surface area contributed by atoms with Gasteiger partial charge in [-0.2, -0.15) is 5.10 Å². The fourth-order valence-corrected chi connectivity index (χ4v) is 3.37. The molecule has 0 fully saturated rings. The highest BCUT2D eigenvalue weighted by molar-refractivity contribution is 5.94. The second kappa shape index (κ2) is 9.39. The topological polar surface area (TPSA) is 64.4 Å². The monoisotopic (exact) mass is 405 g/mol. The summed E-state index contributed by atoms with van der Waals surface area (Å²) in [5.41, 5.74) is 4.47. The molecule has 3 aromatic rings. The van der Waals surface area contributed by atoms with E-state index in [9.17, 15) is 9.59 Å². The van der Waals surface area contributed by atoms with Gasteiger partial charge in [0.25, 0.3) is 5.91 Å². The van der Waals surface area contributed by atoms with Crippen LogP contribution in [0.4, 0.5) is 0 Å². The highest BCUT2D eigenvalue weighted by Crippen LogP contribution is 2.27. The molecule has 1 amide bonds. The van der Waals surface area contributed by atoms with Gasteiger partial charge in [-0.3, -0.25) is 4.79 Å². The summed E-state index contributed by atoms with van der Waals surface area (Å²) in [4.78, 5) is 26.7. The molecule has 0 unspecified atom stereocenters. The number of esters is 1. The first-order valence-corrected chi connectivity index (χ1v) is 10.2. The predicted molar refractivity (Wildman–Crippen MR) is 117 cm³/mol. The number of hydrogen-bond donors (Lipinski definition) is 0. The Bertz CT molecular complexity index is 1030. The highest BCUT2D eigenvalue weighted by atomic mass is 16.5. The second-order valence-corrected chi connectivity index (χ2v) is 6.89. The molecule has 156 valence electrons. The van der Waals surface area contributed by atoms with Crippen molar-refractivity contribution in [3.8, 4) is 16.9 Å². The van der Waals surface area contributed by atoms with Crippen LogP contribution in [-0.4, -0.2) is 46.3 Å². The lowest BCUT2D eigenvalue weighted by atomic mass is 10.1. The Morgan fingerprint density at radius 3 is 2.27 bits per heavy atom. The highest BCUT2D eigenvalue weighted by Gasteiger charge is 2.19. The number of aromatic nitrogens is 2. The largest absolute Gasteiger partial charge is 0.461 e. The molecule has 0 aliphatic heterocycles. The molecule has 0 N–H and O–H groups in total. The summed E-state index contributed by atoms with van der Waals surface area (Å²) in [5, 5.41) is 4.51. The van der Waals surface area contributed by atoms with E-state index in [2.05, 4.69) is 5.10 Å². The molecule has 0 bridgehead atoms. The summed E-state index contributed by atoms with van der Waals surface area (Å²) in [6.45, 7) is 9.32. The Hall–Kier alpha value is -3.41. The minimum Gasteiger partial charge on any atom is -0.461 e. The molecule has 0 radical (unpaired) electrons. The molecule has 1 heterocycles. The van der Waals surface area contributed by atoms with Crippen molar-refractivity contribution in [2.75, 3.05) is 19.7 Å². The zero-order valence-electron chi connectivity index (χ0n) is 17.9. The first kappa shape index (κ1) is 21.3. The van der Waals surface area contributed by atoms with E-state index in [0.717, 1.165) is 22.5 Å². The molecule has 0 aliphatic rings. The average Bonchev–Trinajstić information content (AvgIpc) is 3.20. The van der Waals surface area contributed by atoms with Gasteiger partial charge in [0, 0.05) is 24.2 Å². The Balaban J connectivity index is 2.05. The molecule has 0 spiro atoms. The Kier molecular flexibility index (Phi) is 6.67. The zero-order chi connectivity index (χ0) is 21.7. The predicted octanol–water partition coefficient (Wildman–Crippen LogP) is 4.51. The van der Waals surface area contributed by atoms with Gasteiger partial charge in [0.05, 0.1) is 18.0 Å². The van der Waals surface area contributed by atoms with Crippen molar-refractivity contribution in [2.24, 2.45) is 0 Å². The summed E-state index contributed by atoms with van der Waals surface area (Å²) in [7, 11) is 0.